The molecule has 5 rings (SSSR count). The molecule has 0 bridgehead atoms. The highest BCUT2D eigenvalue weighted by Gasteiger charge is 2.46. The predicted molar refractivity (Wildman–Crippen MR) is 212 cm³/mol. The Morgan fingerprint density at radius 1 is 0.821 bits per heavy atom. The molecule has 0 spiro atoms. The molecule has 5 N–H and O–H groups in total. The van der Waals surface area contributed by atoms with Gasteiger partial charge in [0.1, 0.15) is 6.04 Å². The summed E-state index contributed by atoms with van der Waals surface area (Å²) in [6, 6.07) is 15.7. The first-order chi connectivity index (χ1) is 27.2. The number of carbonyl (C=O) groups is 5. The first kappa shape index (κ1) is 42.0. The molecule has 0 radical (unpaired) electrons. The maximum atomic E-state index is 13.6. The summed E-state index contributed by atoms with van der Waals surface area (Å²) in [5, 5.41) is 21.7. The maximum Gasteiger partial charge on any atom is 0.253 e. The van der Waals surface area contributed by atoms with Gasteiger partial charge in [-0.15, -0.1) is 15.0 Å². The van der Waals surface area contributed by atoms with Crippen molar-refractivity contribution in [2.75, 3.05) is 19.6 Å². The summed E-state index contributed by atoms with van der Waals surface area (Å²) in [6.45, 7) is 4.98. The number of aromatic nitrogens is 4. The van der Waals surface area contributed by atoms with Gasteiger partial charge in [-0.3, -0.25) is 24.0 Å². The zero-order valence-corrected chi connectivity index (χ0v) is 33.0. The highest BCUT2D eigenvalue weighted by atomic mass is 16.2. The summed E-state index contributed by atoms with van der Waals surface area (Å²) >= 11 is 0. The van der Waals surface area contributed by atoms with Crippen LogP contribution in [-0.2, 0) is 25.6 Å². The number of tetrazole rings is 1. The molecule has 1 saturated carbocycles. The van der Waals surface area contributed by atoms with Crippen molar-refractivity contribution in [1.29, 1.82) is 0 Å². The molecule has 1 aliphatic carbocycles. The van der Waals surface area contributed by atoms with Crippen molar-refractivity contribution in [3.05, 3.63) is 71.5 Å². The van der Waals surface area contributed by atoms with E-state index in [2.05, 4.69) is 45.2 Å². The number of nitrogens with zero attached hydrogens (tertiary/aromatic N) is 5. The monoisotopic (exact) mass is 769 g/mol. The van der Waals surface area contributed by atoms with Gasteiger partial charge in [0.25, 0.3) is 5.91 Å². The smallest absolute Gasteiger partial charge is 0.253 e. The van der Waals surface area contributed by atoms with Crippen LogP contribution in [0.25, 0.3) is 5.69 Å². The van der Waals surface area contributed by atoms with E-state index in [1.165, 1.54) is 35.4 Å². The summed E-state index contributed by atoms with van der Waals surface area (Å²) in [5.41, 5.74) is 7.76. The molecule has 1 aliphatic heterocycles. The van der Waals surface area contributed by atoms with Crippen molar-refractivity contribution >= 4 is 29.5 Å². The largest absolute Gasteiger partial charge is 0.369 e. The first-order valence-corrected chi connectivity index (χ1v) is 20.6. The van der Waals surface area contributed by atoms with Crippen LogP contribution in [0.3, 0.4) is 0 Å². The fraction of sp³-hybridized carbons (Fsp3) is 0.571. The number of unbranched alkanes of at least 4 members (excludes halogenated alkanes) is 9. The molecule has 2 aliphatic rings. The van der Waals surface area contributed by atoms with Gasteiger partial charge in [0.05, 0.1) is 17.5 Å². The Labute approximate surface area is 330 Å². The quantitative estimate of drug-likeness (QED) is 0.102. The van der Waals surface area contributed by atoms with Crippen LogP contribution in [-0.4, -0.2) is 86.4 Å². The molecule has 1 aromatic heterocycles. The van der Waals surface area contributed by atoms with E-state index < -0.39 is 23.8 Å². The van der Waals surface area contributed by atoms with Gasteiger partial charge in [-0.2, -0.15) is 0 Å². The average Bonchev–Trinajstić information content (AvgIpc) is 3.56. The van der Waals surface area contributed by atoms with E-state index in [1.54, 1.807) is 24.3 Å². The maximum absolute atomic E-state index is 13.6. The molecule has 3 aromatic rings. The Balaban J connectivity index is 1.16. The highest BCUT2D eigenvalue weighted by Crippen LogP contribution is 2.41. The van der Waals surface area contributed by atoms with Crippen LogP contribution in [0.2, 0.25) is 0 Å². The Morgan fingerprint density at radius 2 is 1.48 bits per heavy atom. The number of benzene rings is 2. The van der Waals surface area contributed by atoms with Crippen LogP contribution < -0.4 is 21.7 Å². The molecule has 2 fully saturated rings. The molecule has 2 aromatic carbocycles. The van der Waals surface area contributed by atoms with E-state index in [4.69, 9.17) is 5.73 Å². The average molecular weight is 770 g/mol. The number of amides is 5. The molecule has 302 valence electrons. The summed E-state index contributed by atoms with van der Waals surface area (Å²) < 4.78 is 0. The number of primary amides is 1. The predicted octanol–water partition coefficient (Wildman–Crippen LogP) is 4.37. The van der Waals surface area contributed by atoms with E-state index >= 15 is 0 Å². The van der Waals surface area contributed by atoms with Gasteiger partial charge in [0.15, 0.2) is 5.82 Å². The number of nitrogens with two attached hydrogens (primary N) is 1. The minimum atomic E-state index is -0.846. The fourth-order valence-electron chi connectivity index (χ4n) is 7.38. The van der Waals surface area contributed by atoms with Gasteiger partial charge in [-0.1, -0.05) is 102 Å². The number of carbonyl (C=O) groups excluding carboxylic acids is 5. The van der Waals surface area contributed by atoms with Crippen LogP contribution in [0.4, 0.5) is 0 Å². The standard InChI is InChI=1S/C42H59N9O5/c1-3-5-7-9-10-11-15-19-38(52)45-36(41(55)44-24-16-8-6-4-2)26-37-47-49-51(48-37)31-22-20-30(21-23-31)42(56)50-27-33(39(43)53)34(28-50)40(54)46-35-25-32(35)29-17-13-12-14-18-29/h12-14,17-18,20-23,32-36H,3-11,15-16,19,24-28H2,1-2H3,(H2,43,53)(H,44,55)(H,45,52)(H,46,54)/t32-,33-,34-,35+,36+/m1/s1. The molecule has 14 nitrogen and oxygen atoms in total. The van der Waals surface area contributed by atoms with Crippen molar-refractivity contribution in [1.82, 2.24) is 41.1 Å². The molecule has 2 heterocycles. The lowest BCUT2D eigenvalue weighted by atomic mass is 9.94. The van der Waals surface area contributed by atoms with Crippen molar-refractivity contribution < 1.29 is 24.0 Å². The van der Waals surface area contributed by atoms with Gasteiger partial charge in [0.2, 0.25) is 23.6 Å². The lowest BCUT2D eigenvalue weighted by Gasteiger charge is -2.17. The van der Waals surface area contributed by atoms with Crippen LogP contribution in [0.5, 0.6) is 0 Å². The second-order valence-electron chi connectivity index (χ2n) is 15.3. The Morgan fingerprint density at radius 3 is 2.18 bits per heavy atom. The lowest BCUT2D eigenvalue weighted by molar-refractivity contribution is -0.131. The zero-order chi connectivity index (χ0) is 39.9. The lowest BCUT2D eigenvalue weighted by Crippen LogP contribution is -2.48. The minimum Gasteiger partial charge on any atom is -0.369 e. The first-order valence-electron chi connectivity index (χ1n) is 20.6. The fourth-order valence-corrected chi connectivity index (χ4v) is 7.38. The SMILES string of the molecule is CCCCCCCCCC(=O)N[C@@H](Cc1nnn(-c2ccc(C(=O)N3C[C@@H](C(N)=O)[C@H](C(=O)N[C@H]4C[C@@H]4c4ccccc4)C3)cc2)n1)C(=O)NCCCCCC. The summed E-state index contributed by atoms with van der Waals surface area (Å²) in [5.74, 6) is -2.67. The molecular formula is C42H59N9O5. The van der Waals surface area contributed by atoms with Gasteiger partial charge in [0, 0.05) is 50.0 Å². The molecule has 56 heavy (non-hydrogen) atoms. The zero-order valence-electron chi connectivity index (χ0n) is 33.0. The Kier molecular flexibility index (Phi) is 15.9. The van der Waals surface area contributed by atoms with E-state index in [-0.39, 0.29) is 60.9 Å². The summed E-state index contributed by atoms with van der Waals surface area (Å²) in [7, 11) is 0. The minimum absolute atomic E-state index is 0.0107. The topological polar surface area (TPSA) is 194 Å². The Hall–Kier alpha value is -5.14. The highest BCUT2D eigenvalue weighted by molar-refractivity contribution is 5.97. The third kappa shape index (κ3) is 12.2. The van der Waals surface area contributed by atoms with Crippen LogP contribution >= 0.6 is 0 Å². The van der Waals surface area contributed by atoms with Gasteiger partial charge >= 0.3 is 0 Å². The third-order valence-corrected chi connectivity index (χ3v) is 10.8. The van der Waals surface area contributed by atoms with E-state index in [0.29, 0.717) is 24.2 Å². The molecule has 5 amide bonds. The third-order valence-electron chi connectivity index (χ3n) is 10.8. The number of rotatable bonds is 23. The van der Waals surface area contributed by atoms with Crippen LogP contribution in [0.1, 0.15) is 125 Å². The van der Waals surface area contributed by atoms with Crippen molar-refractivity contribution in [2.45, 2.75) is 122 Å². The van der Waals surface area contributed by atoms with Crippen LogP contribution in [0.15, 0.2) is 54.6 Å². The van der Waals surface area contributed by atoms with Gasteiger partial charge < -0.3 is 26.6 Å². The molecule has 14 heteroatoms. The molecule has 0 unspecified atom stereocenters. The normalized spacial score (nSPS) is 19.3. The second kappa shape index (κ2) is 21.2. The van der Waals surface area contributed by atoms with Crippen molar-refractivity contribution in [3.8, 4) is 5.69 Å². The van der Waals surface area contributed by atoms with Crippen LogP contribution in [0, 0.1) is 11.8 Å². The number of hydrogen-bond acceptors (Lipinski definition) is 8. The van der Waals surface area contributed by atoms with E-state index in [9.17, 15) is 24.0 Å². The van der Waals surface area contributed by atoms with Gasteiger partial charge in [-0.05, 0) is 54.3 Å². The van der Waals surface area contributed by atoms with Crippen molar-refractivity contribution in [3.63, 3.8) is 0 Å². The summed E-state index contributed by atoms with van der Waals surface area (Å²) in [4.78, 5) is 68.2. The Bertz CT molecular complexity index is 1750. The van der Waals surface area contributed by atoms with Crippen molar-refractivity contribution in [2.24, 2.45) is 17.6 Å². The van der Waals surface area contributed by atoms with Gasteiger partial charge in [-0.25, -0.2) is 0 Å². The summed E-state index contributed by atoms with van der Waals surface area (Å²) in [6.07, 6.45) is 13.0. The van der Waals surface area contributed by atoms with E-state index in [0.717, 1.165) is 56.9 Å². The molecular weight excluding hydrogens is 711 g/mol. The molecule has 1 saturated heterocycles. The number of hydrogen-bond donors (Lipinski definition) is 4. The van der Waals surface area contributed by atoms with E-state index in [1.807, 2.05) is 30.3 Å². The molecule has 5 atom stereocenters. The number of nitrogens with one attached hydrogen (secondary N) is 3. The number of likely N-dealkylation sites (tertiary alicyclic amines) is 1. The second-order valence-corrected chi connectivity index (χ2v) is 15.3.